The van der Waals surface area contributed by atoms with E-state index in [1.807, 2.05) is 0 Å². The minimum atomic E-state index is -0.0123. The fourth-order valence-corrected chi connectivity index (χ4v) is 5.27. The van der Waals surface area contributed by atoms with Gasteiger partial charge in [-0.25, -0.2) is 4.57 Å². The highest BCUT2D eigenvalue weighted by Crippen LogP contribution is 2.63. The van der Waals surface area contributed by atoms with Crippen LogP contribution in [0.5, 0.6) is 0 Å². The van der Waals surface area contributed by atoms with E-state index in [9.17, 15) is 0 Å². The zero-order chi connectivity index (χ0) is 16.6. The van der Waals surface area contributed by atoms with Crippen LogP contribution in [-0.2, 0) is 12.5 Å². The Balaban J connectivity index is 2.08. The molecule has 1 aromatic heterocycles. The van der Waals surface area contributed by atoms with Crippen molar-refractivity contribution in [1.82, 2.24) is 0 Å². The van der Waals surface area contributed by atoms with Crippen LogP contribution in [0.4, 0.5) is 0 Å². The van der Waals surface area contributed by atoms with Gasteiger partial charge in [-0.05, 0) is 46.7 Å². The first-order chi connectivity index (χ1) is 11.6. The molecule has 1 heterocycles. The monoisotopic (exact) mass is 312 g/mol. The molecule has 0 radical (unpaired) electrons. The molecule has 0 aliphatic heterocycles. The Hall–Kier alpha value is -2.41. The highest BCUT2D eigenvalue weighted by atomic mass is 14.9. The van der Waals surface area contributed by atoms with Gasteiger partial charge in [0, 0.05) is 11.6 Å². The molecular weight excluding hydrogens is 290 g/mol. The van der Waals surface area contributed by atoms with Gasteiger partial charge in [0.25, 0.3) is 0 Å². The molecule has 0 fully saturated rings. The average molecular weight is 312 g/mol. The molecule has 0 saturated carbocycles. The SMILES string of the molecule is Cc1ccc2c3c1-c1c(ccc[n+]1C)C3(C(C)C)c1ccccc1-2. The molecule has 1 heteroatoms. The van der Waals surface area contributed by atoms with Crippen molar-refractivity contribution in [3.05, 3.63) is 77.0 Å². The second-order valence-electron chi connectivity index (χ2n) is 7.57. The van der Waals surface area contributed by atoms with Gasteiger partial charge in [0.1, 0.15) is 7.05 Å². The van der Waals surface area contributed by atoms with Crippen LogP contribution in [0, 0.1) is 12.8 Å². The number of rotatable bonds is 1. The first kappa shape index (κ1) is 14.0. The lowest BCUT2D eigenvalue weighted by Gasteiger charge is -2.33. The summed E-state index contributed by atoms with van der Waals surface area (Å²) in [7, 11) is 2.18. The number of aryl methyl sites for hydroxylation is 2. The highest BCUT2D eigenvalue weighted by molar-refractivity contribution is 5.95. The van der Waals surface area contributed by atoms with Crippen molar-refractivity contribution in [2.75, 3.05) is 0 Å². The van der Waals surface area contributed by atoms with Crippen molar-refractivity contribution in [3.8, 4) is 22.4 Å². The summed E-state index contributed by atoms with van der Waals surface area (Å²) in [6, 6.07) is 18.2. The van der Waals surface area contributed by atoms with Crippen LogP contribution >= 0.6 is 0 Å². The van der Waals surface area contributed by atoms with E-state index in [1.54, 1.807) is 0 Å². The molecule has 1 unspecified atom stereocenters. The van der Waals surface area contributed by atoms with Gasteiger partial charge in [-0.3, -0.25) is 0 Å². The highest BCUT2D eigenvalue weighted by Gasteiger charge is 2.56. The topological polar surface area (TPSA) is 3.88 Å². The van der Waals surface area contributed by atoms with E-state index in [2.05, 4.69) is 87.1 Å². The minimum absolute atomic E-state index is 0.0123. The van der Waals surface area contributed by atoms with Gasteiger partial charge < -0.3 is 0 Å². The van der Waals surface area contributed by atoms with E-state index in [-0.39, 0.29) is 5.41 Å². The van der Waals surface area contributed by atoms with Gasteiger partial charge in [-0.1, -0.05) is 50.2 Å². The van der Waals surface area contributed by atoms with Crippen molar-refractivity contribution >= 4 is 0 Å². The Labute approximate surface area is 143 Å². The number of hydrogen-bond acceptors (Lipinski definition) is 0. The summed E-state index contributed by atoms with van der Waals surface area (Å²) in [4.78, 5) is 0. The predicted molar refractivity (Wildman–Crippen MR) is 97.9 cm³/mol. The lowest BCUT2D eigenvalue weighted by atomic mass is 9.68. The first-order valence-electron chi connectivity index (χ1n) is 8.82. The second-order valence-corrected chi connectivity index (χ2v) is 7.57. The van der Waals surface area contributed by atoms with Gasteiger partial charge in [-0.2, -0.15) is 0 Å². The molecule has 0 amide bonds. The van der Waals surface area contributed by atoms with Crippen molar-refractivity contribution in [3.63, 3.8) is 0 Å². The average Bonchev–Trinajstić information content (AvgIpc) is 3.04. The molecule has 1 atom stereocenters. The molecule has 0 spiro atoms. The Kier molecular flexibility index (Phi) is 2.54. The van der Waals surface area contributed by atoms with Crippen LogP contribution in [0.25, 0.3) is 22.4 Å². The van der Waals surface area contributed by atoms with E-state index >= 15 is 0 Å². The molecule has 2 aromatic carbocycles. The molecule has 2 aliphatic rings. The number of pyridine rings is 1. The molecule has 0 N–H and O–H groups in total. The van der Waals surface area contributed by atoms with Crippen molar-refractivity contribution in [1.29, 1.82) is 0 Å². The van der Waals surface area contributed by atoms with Crippen molar-refractivity contribution < 1.29 is 4.57 Å². The quantitative estimate of drug-likeness (QED) is 0.570. The molecule has 0 saturated heterocycles. The minimum Gasteiger partial charge on any atom is -0.201 e. The normalized spacial score (nSPS) is 19.4. The third-order valence-corrected chi connectivity index (χ3v) is 6.16. The lowest BCUT2D eigenvalue weighted by Crippen LogP contribution is -2.35. The summed E-state index contributed by atoms with van der Waals surface area (Å²) in [5, 5.41) is 0. The number of fused-ring (bicyclic) bond motifs is 6. The number of benzene rings is 2. The molecule has 5 rings (SSSR count). The maximum Gasteiger partial charge on any atom is 0.217 e. The summed E-state index contributed by atoms with van der Waals surface area (Å²) < 4.78 is 2.31. The summed E-state index contributed by atoms with van der Waals surface area (Å²) in [5.74, 6) is 0.504. The molecule has 2 aliphatic carbocycles. The van der Waals surface area contributed by atoms with Crippen molar-refractivity contribution in [2.45, 2.75) is 26.2 Å². The van der Waals surface area contributed by atoms with Gasteiger partial charge in [0.15, 0.2) is 6.20 Å². The summed E-state index contributed by atoms with van der Waals surface area (Å²) >= 11 is 0. The Bertz CT molecular complexity index is 1010. The molecule has 3 aromatic rings. The summed E-state index contributed by atoms with van der Waals surface area (Å²) in [6.07, 6.45) is 2.18. The third kappa shape index (κ3) is 1.32. The number of hydrogen-bond donors (Lipinski definition) is 0. The zero-order valence-corrected chi connectivity index (χ0v) is 14.7. The van der Waals surface area contributed by atoms with Gasteiger partial charge in [0.05, 0.1) is 11.0 Å². The smallest absolute Gasteiger partial charge is 0.201 e. The Morgan fingerprint density at radius 3 is 2.42 bits per heavy atom. The third-order valence-electron chi connectivity index (χ3n) is 6.16. The second kappa shape index (κ2) is 4.36. The van der Waals surface area contributed by atoms with Crippen LogP contribution in [0.3, 0.4) is 0 Å². The van der Waals surface area contributed by atoms with E-state index in [4.69, 9.17) is 0 Å². The first-order valence-corrected chi connectivity index (χ1v) is 8.82. The largest absolute Gasteiger partial charge is 0.217 e. The standard InChI is InChI=1S/C23H22N/c1-14(2)23-18-9-6-5-8-16(18)17-12-11-15(3)20(21(17)23)22-19(23)10-7-13-24(22)4/h5-14H,1-4H3/q+1. The molecule has 24 heavy (non-hydrogen) atoms. The van der Waals surface area contributed by atoms with Crippen LogP contribution < -0.4 is 4.57 Å². The number of aromatic nitrogens is 1. The van der Waals surface area contributed by atoms with E-state index in [0.717, 1.165) is 0 Å². The predicted octanol–water partition coefficient (Wildman–Crippen LogP) is 4.77. The summed E-state index contributed by atoms with van der Waals surface area (Å²) in [5.41, 5.74) is 11.6. The van der Waals surface area contributed by atoms with Crippen LogP contribution in [0.15, 0.2) is 54.7 Å². The summed E-state index contributed by atoms with van der Waals surface area (Å²) in [6.45, 7) is 7.01. The van der Waals surface area contributed by atoms with Crippen molar-refractivity contribution in [2.24, 2.45) is 13.0 Å². The van der Waals surface area contributed by atoms with Gasteiger partial charge in [-0.15, -0.1) is 0 Å². The fraction of sp³-hybridized carbons (Fsp3) is 0.261. The Morgan fingerprint density at radius 1 is 0.875 bits per heavy atom. The van der Waals surface area contributed by atoms with E-state index in [0.29, 0.717) is 5.92 Å². The Morgan fingerprint density at radius 2 is 1.62 bits per heavy atom. The van der Waals surface area contributed by atoms with E-state index < -0.39 is 0 Å². The maximum absolute atomic E-state index is 2.38. The number of nitrogens with zero attached hydrogens (tertiary/aromatic N) is 1. The molecule has 118 valence electrons. The fourth-order valence-electron chi connectivity index (χ4n) is 5.27. The zero-order valence-electron chi connectivity index (χ0n) is 14.7. The van der Waals surface area contributed by atoms with E-state index in [1.165, 1.54) is 44.6 Å². The van der Waals surface area contributed by atoms with Crippen LogP contribution in [0.1, 0.15) is 36.1 Å². The molecular formula is C23H22N+. The molecule has 0 bridgehead atoms. The van der Waals surface area contributed by atoms with Gasteiger partial charge in [0.2, 0.25) is 5.69 Å². The van der Waals surface area contributed by atoms with Crippen LogP contribution in [-0.4, -0.2) is 0 Å². The molecule has 1 nitrogen and oxygen atoms in total. The lowest BCUT2D eigenvalue weighted by molar-refractivity contribution is -0.660. The van der Waals surface area contributed by atoms with Gasteiger partial charge >= 0.3 is 0 Å². The maximum atomic E-state index is 2.38. The van der Waals surface area contributed by atoms with Crippen LogP contribution in [0.2, 0.25) is 0 Å².